The van der Waals surface area contributed by atoms with Crippen LogP contribution in [-0.4, -0.2) is 11.1 Å². The van der Waals surface area contributed by atoms with E-state index in [0.29, 0.717) is 12.8 Å². The van der Waals surface area contributed by atoms with E-state index in [1.165, 1.54) is 0 Å². The van der Waals surface area contributed by atoms with E-state index in [2.05, 4.69) is 0 Å². The molecule has 2 nitrogen and oxygen atoms in total. The summed E-state index contributed by atoms with van der Waals surface area (Å²) in [4.78, 5) is 11.2. The third-order valence-corrected chi connectivity index (χ3v) is 3.67. The van der Waals surface area contributed by atoms with Crippen LogP contribution in [-0.2, 0) is 10.2 Å². The molecule has 92 valence electrons. The van der Waals surface area contributed by atoms with Crippen LogP contribution in [0.3, 0.4) is 0 Å². The molecule has 0 unspecified atom stereocenters. The molecule has 1 aromatic carbocycles. The van der Waals surface area contributed by atoms with Crippen LogP contribution in [0.1, 0.15) is 43.7 Å². The molecule has 0 spiro atoms. The monoisotopic (exact) mass is 256 g/mol. The van der Waals surface area contributed by atoms with E-state index in [4.69, 9.17) is 11.6 Å². The number of carbonyl (C=O) groups is 1. The van der Waals surface area contributed by atoms with E-state index in [9.17, 15) is 14.3 Å². The van der Waals surface area contributed by atoms with Crippen molar-refractivity contribution in [2.24, 2.45) is 0 Å². The average molecular weight is 257 g/mol. The normalized spacial score (nSPS) is 17.2. The quantitative estimate of drug-likeness (QED) is 0.895. The van der Waals surface area contributed by atoms with Crippen LogP contribution in [0.25, 0.3) is 0 Å². The second-order valence-corrected chi connectivity index (χ2v) is 5.31. The van der Waals surface area contributed by atoms with Gasteiger partial charge in [-0.25, -0.2) is 4.39 Å². The van der Waals surface area contributed by atoms with E-state index >= 15 is 0 Å². The van der Waals surface area contributed by atoms with Crippen LogP contribution in [0.5, 0.6) is 0 Å². The Kier molecular flexibility index (Phi) is 2.90. The first-order valence-electron chi connectivity index (χ1n) is 5.61. The maximum absolute atomic E-state index is 13.9. The molecule has 0 heterocycles. The van der Waals surface area contributed by atoms with Gasteiger partial charge in [0.05, 0.1) is 10.4 Å². The number of carboxylic acid groups (broad SMARTS) is 1. The third kappa shape index (κ3) is 1.93. The van der Waals surface area contributed by atoms with Gasteiger partial charge in [0.25, 0.3) is 0 Å². The number of halogens is 2. The highest BCUT2D eigenvalue weighted by atomic mass is 35.5. The van der Waals surface area contributed by atoms with Gasteiger partial charge >= 0.3 is 5.97 Å². The first-order valence-corrected chi connectivity index (χ1v) is 5.99. The topological polar surface area (TPSA) is 37.3 Å². The summed E-state index contributed by atoms with van der Waals surface area (Å²) in [6, 6.07) is 3.22. The predicted molar refractivity (Wildman–Crippen MR) is 64.0 cm³/mol. The molecule has 0 amide bonds. The van der Waals surface area contributed by atoms with E-state index < -0.39 is 17.2 Å². The van der Waals surface area contributed by atoms with Crippen molar-refractivity contribution in [1.29, 1.82) is 0 Å². The van der Waals surface area contributed by atoms with Gasteiger partial charge < -0.3 is 5.11 Å². The van der Waals surface area contributed by atoms with Gasteiger partial charge in [-0.15, -0.1) is 0 Å². The minimum Gasteiger partial charge on any atom is -0.481 e. The third-order valence-electron chi connectivity index (χ3n) is 3.39. The Bertz CT molecular complexity index is 479. The summed E-state index contributed by atoms with van der Waals surface area (Å²) in [6.07, 6.45) is 0.967. The summed E-state index contributed by atoms with van der Waals surface area (Å²) in [5.41, 5.74) is 0.0682. The van der Waals surface area contributed by atoms with Crippen LogP contribution in [0.4, 0.5) is 4.39 Å². The lowest BCUT2D eigenvalue weighted by atomic mass is 9.91. The minimum atomic E-state index is -1.04. The molecule has 0 radical (unpaired) electrons. The molecule has 0 aromatic heterocycles. The smallest absolute Gasteiger partial charge is 0.314 e. The fourth-order valence-electron chi connectivity index (χ4n) is 2.01. The molecule has 17 heavy (non-hydrogen) atoms. The van der Waals surface area contributed by atoms with Crippen LogP contribution in [0.15, 0.2) is 12.1 Å². The predicted octanol–water partition coefficient (Wildman–Crippen LogP) is 3.72. The van der Waals surface area contributed by atoms with E-state index in [0.717, 1.165) is 5.56 Å². The number of aliphatic carboxylic acids is 1. The lowest BCUT2D eigenvalue weighted by molar-refractivity contribution is -0.140. The Morgan fingerprint density at radius 3 is 2.47 bits per heavy atom. The van der Waals surface area contributed by atoms with Gasteiger partial charge in [-0.05, 0) is 30.4 Å². The standard InChI is InChI=1S/C13H14ClFO2/c1-7(2)8-5-9(11(15)10(14)6-8)13(3-4-13)12(16)17/h5-7H,3-4H2,1-2H3,(H,16,17). The first kappa shape index (κ1) is 12.4. The van der Waals surface area contributed by atoms with E-state index in [-0.39, 0.29) is 16.5 Å². The van der Waals surface area contributed by atoms with Gasteiger partial charge in [0.1, 0.15) is 5.82 Å². The molecule has 0 atom stereocenters. The van der Waals surface area contributed by atoms with Gasteiger partial charge in [-0.2, -0.15) is 0 Å². The van der Waals surface area contributed by atoms with Gasteiger partial charge in [0, 0.05) is 5.56 Å². The highest BCUT2D eigenvalue weighted by molar-refractivity contribution is 6.31. The molecule has 1 N–H and O–H groups in total. The van der Waals surface area contributed by atoms with Crippen molar-refractivity contribution in [2.75, 3.05) is 0 Å². The second kappa shape index (κ2) is 3.98. The molecule has 1 saturated carbocycles. The van der Waals surface area contributed by atoms with Gasteiger partial charge in [-0.1, -0.05) is 31.5 Å². The summed E-state index contributed by atoms with van der Waals surface area (Å²) < 4.78 is 13.9. The van der Waals surface area contributed by atoms with Crippen LogP contribution in [0, 0.1) is 5.82 Å². The summed E-state index contributed by atoms with van der Waals surface area (Å²) >= 11 is 5.83. The Balaban J connectivity index is 2.57. The molecule has 1 aliphatic rings. The number of hydrogen-bond acceptors (Lipinski definition) is 1. The molecule has 1 aliphatic carbocycles. The second-order valence-electron chi connectivity index (χ2n) is 4.91. The fraction of sp³-hybridized carbons (Fsp3) is 0.462. The molecule has 4 heteroatoms. The summed E-state index contributed by atoms with van der Waals surface area (Å²) in [5.74, 6) is -1.36. The summed E-state index contributed by atoms with van der Waals surface area (Å²) in [5, 5.41) is 9.20. The average Bonchev–Trinajstić information content (AvgIpc) is 3.02. The first-order chi connectivity index (χ1) is 7.88. The van der Waals surface area contributed by atoms with Crippen molar-refractivity contribution >= 4 is 17.6 Å². The zero-order chi connectivity index (χ0) is 12.8. The molecule has 2 rings (SSSR count). The van der Waals surface area contributed by atoms with Crippen LogP contribution in [0.2, 0.25) is 5.02 Å². The molecular formula is C13H14ClFO2. The van der Waals surface area contributed by atoms with Gasteiger partial charge in [-0.3, -0.25) is 4.79 Å². The van der Waals surface area contributed by atoms with Crippen molar-refractivity contribution in [3.8, 4) is 0 Å². The van der Waals surface area contributed by atoms with Crippen molar-refractivity contribution in [1.82, 2.24) is 0 Å². The largest absolute Gasteiger partial charge is 0.481 e. The highest BCUT2D eigenvalue weighted by Crippen LogP contribution is 2.50. The maximum atomic E-state index is 13.9. The van der Waals surface area contributed by atoms with Gasteiger partial charge in [0.15, 0.2) is 0 Å². The minimum absolute atomic E-state index is 0.0127. The maximum Gasteiger partial charge on any atom is 0.314 e. The van der Waals surface area contributed by atoms with Gasteiger partial charge in [0.2, 0.25) is 0 Å². The Morgan fingerprint density at radius 2 is 2.06 bits per heavy atom. The SMILES string of the molecule is CC(C)c1cc(Cl)c(F)c(C2(C(=O)O)CC2)c1. The molecular weight excluding hydrogens is 243 g/mol. The van der Waals surface area contributed by atoms with Crippen molar-refractivity contribution < 1.29 is 14.3 Å². The Morgan fingerprint density at radius 1 is 1.47 bits per heavy atom. The van der Waals surface area contributed by atoms with Crippen LogP contribution < -0.4 is 0 Å². The summed E-state index contributed by atoms with van der Waals surface area (Å²) in [6.45, 7) is 3.93. The fourth-order valence-corrected chi connectivity index (χ4v) is 2.24. The zero-order valence-electron chi connectivity index (χ0n) is 9.76. The molecule has 0 bridgehead atoms. The van der Waals surface area contributed by atoms with E-state index in [1.54, 1.807) is 12.1 Å². The number of hydrogen-bond donors (Lipinski definition) is 1. The molecule has 1 fully saturated rings. The molecule has 1 aromatic rings. The van der Waals surface area contributed by atoms with Crippen molar-refractivity contribution in [3.05, 3.63) is 34.1 Å². The zero-order valence-corrected chi connectivity index (χ0v) is 10.5. The van der Waals surface area contributed by atoms with Crippen LogP contribution >= 0.6 is 11.6 Å². The summed E-state index contributed by atoms with van der Waals surface area (Å²) in [7, 11) is 0. The number of benzene rings is 1. The Labute approximate surface area is 104 Å². The molecule has 0 aliphatic heterocycles. The molecule has 0 saturated heterocycles. The van der Waals surface area contributed by atoms with E-state index in [1.807, 2.05) is 13.8 Å². The lowest BCUT2D eigenvalue weighted by Crippen LogP contribution is -2.21. The highest BCUT2D eigenvalue weighted by Gasteiger charge is 2.53. The van der Waals surface area contributed by atoms with Crippen molar-refractivity contribution in [3.63, 3.8) is 0 Å². The Hall–Kier alpha value is -1.09. The van der Waals surface area contributed by atoms with Crippen molar-refractivity contribution in [2.45, 2.75) is 38.0 Å². The number of rotatable bonds is 3. The number of carboxylic acids is 1. The lowest BCUT2D eigenvalue weighted by Gasteiger charge is -2.16.